The van der Waals surface area contributed by atoms with Gasteiger partial charge in [0.05, 0.1) is 0 Å². The normalized spacial score (nSPS) is 18.5. The molecule has 0 aromatic heterocycles. The summed E-state index contributed by atoms with van der Waals surface area (Å²) in [6.07, 6.45) is 8.21. The van der Waals surface area contributed by atoms with E-state index in [-0.39, 0.29) is 18.4 Å². The van der Waals surface area contributed by atoms with Crippen molar-refractivity contribution in [2.75, 3.05) is 13.1 Å². The highest BCUT2D eigenvalue weighted by Crippen LogP contribution is 2.33. The first-order valence-corrected chi connectivity index (χ1v) is 10.4. The maximum Gasteiger partial charge on any atom is 0.0288 e. The van der Waals surface area contributed by atoms with E-state index in [0.717, 1.165) is 38.8 Å². The lowest BCUT2D eigenvalue weighted by Crippen LogP contribution is -2.53. The number of nitrogens with zero attached hydrogens (tertiary/aromatic N) is 1. The molecule has 0 aliphatic carbocycles. The van der Waals surface area contributed by atoms with Crippen molar-refractivity contribution in [2.45, 2.75) is 98.1 Å². The van der Waals surface area contributed by atoms with Crippen molar-refractivity contribution >= 4 is 0 Å². The van der Waals surface area contributed by atoms with Crippen molar-refractivity contribution in [3.05, 3.63) is 47.0 Å². The lowest BCUT2D eigenvalue weighted by atomic mass is 9.77. The molecule has 1 atom stereocenters. The Kier molecular flexibility index (Phi) is 8.76. The second-order valence-electron chi connectivity index (χ2n) is 9.41. The van der Waals surface area contributed by atoms with Crippen LogP contribution in [-0.4, -0.2) is 29.6 Å². The Hall–Kier alpha value is -1.12. The molecule has 0 amide bonds. The first kappa shape index (κ1) is 23.9. The standard InChI is InChI=1S/C24H40N2.CH4/c1-7-12-24(25)13-15-26(16-14-24)22(17-19(2)3)18-23(5,6)21-10-8-20(4)9-11-21;/h8-11,17,22H,7,12-16,18,25H2,1-6H3;1H4. The minimum atomic E-state index is 0. The van der Waals surface area contributed by atoms with Gasteiger partial charge in [-0.2, -0.15) is 0 Å². The lowest BCUT2D eigenvalue weighted by Gasteiger charge is -2.44. The van der Waals surface area contributed by atoms with Gasteiger partial charge in [-0.05, 0) is 57.4 Å². The Morgan fingerprint density at radius 1 is 1.19 bits per heavy atom. The number of likely N-dealkylation sites (tertiary alicyclic amines) is 1. The summed E-state index contributed by atoms with van der Waals surface area (Å²) >= 11 is 0. The molecule has 2 heteroatoms. The van der Waals surface area contributed by atoms with Crippen LogP contribution in [0.15, 0.2) is 35.9 Å². The van der Waals surface area contributed by atoms with E-state index in [1.807, 2.05) is 0 Å². The topological polar surface area (TPSA) is 29.3 Å². The summed E-state index contributed by atoms with van der Waals surface area (Å²) in [5.41, 5.74) is 11.0. The Labute approximate surface area is 169 Å². The van der Waals surface area contributed by atoms with E-state index in [0.29, 0.717) is 6.04 Å². The molecular formula is C25H44N2. The molecule has 27 heavy (non-hydrogen) atoms. The number of allylic oxidation sites excluding steroid dienone is 1. The molecule has 1 fully saturated rings. The minimum absolute atomic E-state index is 0. The average Bonchev–Trinajstić information content (AvgIpc) is 2.54. The fourth-order valence-corrected chi connectivity index (χ4v) is 4.37. The van der Waals surface area contributed by atoms with Crippen molar-refractivity contribution in [1.82, 2.24) is 4.90 Å². The third-order valence-corrected chi connectivity index (χ3v) is 6.09. The third-order valence-electron chi connectivity index (χ3n) is 6.09. The van der Waals surface area contributed by atoms with Gasteiger partial charge in [-0.3, -0.25) is 4.90 Å². The molecule has 2 nitrogen and oxygen atoms in total. The smallest absolute Gasteiger partial charge is 0.0288 e. The number of aryl methyl sites for hydroxylation is 1. The van der Waals surface area contributed by atoms with E-state index in [1.54, 1.807) is 0 Å². The Balaban J connectivity index is 0.00000364. The van der Waals surface area contributed by atoms with Crippen LogP contribution >= 0.6 is 0 Å². The van der Waals surface area contributed by atoms with Crippen molar-refractivity contribution < 1.29 is 0 Å². The summed E-state index contributed by atoms with van der Waals surface area (Å²) in [5.74, 6) is 0. The zero-order valence-electron chi connectivity index (χ0n) is 17.9. The first-order chi connectivity index (χ1) is 12.1. The first-order valence-electron chi connectivity index (χ1n) is 10.4. The summed E-state index contributed by atoms with van der Waals surface area (Å²) in [7, 11) is 0. The molecule has 0 spiro atoms. The molecule has 2 N–H and O–H groups in total. The van der Waals surface area contributed by atoms with Crippen molar-refractivity contribution in [1.29, 1.82) is 0 Å². The Morgan fingerprint density at radius 2 is 1.74 bits per heavy atom. The van der Waals surface area contributed by atoms with E-state index in [1.165, 1.54) is 23.1 Å². The zero-order valence-corrected chi connectivity index (χ0v) is 17.9. The van der Waals surface area contributed by atoms with Crippen LogP contribution in [0.4, 0.5) is 0 Å². The monoisotopic (exact) mass is 372 g/mol. The van der Waals surface area contributed by atoms with E-state index >= 15 is 0 Å². The van der Waals surface area contributed by atoms with Crippen molar-refractivity contribution in [2.24, 2.45) is 5.73 Å². The molecule has 1 unspecified atom stereocenters. The Morgan fingerprint density at radius 3 is 2.22 bits per heavy atom. The predicted molar refractivity (Wildman–Crippen MR) is 121 cm³/mol. The molecule has 1 heterocycles. The Bertz CT molecular complexity index is 585. The molecule has 154 valence electrons. The number of nitrogens with two attached hydrogens (primary N) is 1. The molecule has 1 aromatic rings. The van der Waals surface area contributed by atoms with E-state index < -0.39 is 0 Å². The van der Waals surface area contributed by atoms with Gasteiger partial charge in [0.2, 0.25) is 0 Å². The maximum absolute atomic E-state index is 6.62. The zero-order chi connectivity index (χ0) is 19.4. The lowest BCUT2D eigenvalue weighted by molar-refractivity contribution is 0.116. The van der Waals surface area contributed by atoms with Crippen LogP contribution in [0.2, 0.25) is 0 Å². The molecule has 1 saturated heterocycles. The minimum Gasteiger partial charge on any atom is -0.325 e. The quantitative estimate of drug-likeness (QED) is 0.575. The van der Waals surface area contributed by atoms with Crippen LogP contribution in [-0.2, 0) is 5.41 Å². The van der Waals surface area contributed by atoms with Crippen LogP contribution in [0.3, 0.4) is 0 Å². The van der Waals surface area contributed by atoms with Gasteiger partial charge in [-0.15, -0.1) is 0 Å². The number of rotatable bonds is 7. The summed E-state index contributed by atoms with van der Waals surface area (Å²) in [4.78, 5) is 2.67. The van der Waals surface area contributed by atoms with Crippen molar-refractivity contribution in [3.8, 4) is 0 Å². The van der Waals surface area contributed by atoms with Gasteiger partial charge in [-0.1, -0.05) is 76.1 Å². The van der Waals surface area contributed by atoms with Crippen LogP contribution < -0.4 is 5.73 Å². The second-order valence-corrected chi connectivity index (χ2v) is 9.41. The van der Waals surface area contributed by atoms with Crippen LogP contribution in [0, 0.1) is 6.92 Å². The summed E-state index contributed by atoms with van der Waals surface area (Å²) in [6.45, 7) is 15.9. The van der Waals surface area contributed by atoms with Gasteiger partial charge in [0.25, 0.3) is 0 Å². The van der Waals surface area contributed by atoms with Gasteiger partial charge < -0.3 is 5.73 Å². The highest BCUT2D eigenvalue weighted by atomic mass is 15.2. The van der Waals surface area contributed by atoms with Gasteiger partial charge in [0, 0.05) is 24.7 Å². The summed E-state index contributed by atoms with van der Waals surface area (Å²) < 4.78 is 0. The maximum atomic E-state index is 6.62. The van der Waals surface area contributed by atoms with E-state index in [9.17, 15) is 0 Å². The van der Waals surface area contributed by atoms with E-state index in [2.05, 4.69) is 76.8 Å². The van der Waals surface area contributed by atoms with Crippen LogP contribution in [0.5, 0.6) is 0 Å². The predicted octanol–water partition coefficient (Wildman–Crippen LogP) is 6.23. The number of hydrogen-bond acceptors (Lipinski definition) is 2. The highest BCUT2D eigenvalue weighted by Gasteiger charge is 2.34. The van der Waals surface area contributed by atoms with E-state index in [4.69, 9.17) is 5.73 Å². The number of piperidine rings is 1. The molecule has 0 saturated carbocycles. The molecule has 0 radical (unpaired) electrons. The second kappa shape index (κ2) is 9.89. The third kappa shape index (κ3) is 6.76. The molecule has 0 bridgehead atoms. The fourth-order valence-electron chi connectivity index (χ4n) is 4.37. The molecular weight excluding hydrogens is 328 g/mol. The number of benzene rings is 1. The van der Waals surface area contributed by atoms with Crippen molar-refractivity contribution in [3.63, 3.8) is 0 Å². The molecule has 2 rings (SSSR count). The van der Waals surface area contributed by atoms with Crippen LogP contribution in [0.1, 0.15) is 85.3 Å². The van der Waals surface area contributed by atoms with Gasteiger partial charge in [0.15, 0.2) is 0 Å². The van der Waals surface area contributed by atoms with Gasteiger partial charge >= 0.3 is 0 Å². The SMILES string of the molecule is C.CCCC1(N)CCN(C(C=C(C)C)CC(C)(C)c2ccc(C)cc2)CC1. The summed E-state index contributed by atoms with van der Waals surface area (Å²) in [6, 6.07) is 9.57. The average molecular weight is 373 g/mol. The largest absolute Gasteiger partial charge is 0.325 e. The fraction of sp³-hybridized carbons (Fsp3) is 0.680. The highest BCUT2D eigenvalue weighted by molar-refractivity contribution is 5.28. The molecule has 1 aliphatic heterocycles. The number of hydrogen-bond donors (Lipinski definition) is 1. The molecule has 1 aliphatic rings. The summed E-state index contributed by atoms with van der Waals surface area (Å²) in [5, 5.41) is 0. The van der Waals surface area contributed by atoms with Crippen LogP contribution in [0.25, 0.3) is 0 Å². The molecule has 1 aromatic carbocycles. The van der Waals surface area contributed by atoms with Gasteiger partial charge in [0.1, 0.15) is 0 Å². The van der Waals surface area contributed by atoms with Gasteiger partial charge in [-0.25, -0.2) is 0 Å².